The van der Waals surface area contributed by atoms with Crippen molar-refractivity contribution in [3.63, 3.8) is 0 Å². The number of carbonyl (C=O) groups excluding carboxylic acids is 1. The van der Waals surface area contributed by atoms with Gasteiger partial charge < -0.3 is 15.2 Å². The van der Waals surface area contributed by atoms with E-state index >= 15 is 0 Å². The third-order valence-electron chi connectivity index (χ3n) is 2.73. The van der Waals surface area contributed by atoms with Crippen LogP contribution in [0.5, 0.6) is 5.75 Å². The molecule has 0 bridgehead atoms. The molecule has 7 nitrogen and oxygen atoms in total. The minimum absolute atomic E-state index is 0.192. The lowest BCUT2D eigenvalue weighted by molar-refractivity contribution is -0.143. The second kappa shape index (κ2) is 9.24. The van der Waals surface area contributed by atoms with Gasteiger partial charge in [0.05, 0.1) is 25.8 Å². The fraction of sp³-hybridized carbons (Fsp3) is 0.267. The van der Waals surface area contributed by atoms with E-state index < -0.39 is 0 Å². The summed E-state index contributed by atoms with van der Waals surface area (Å²) in [7, 11) is 0. The molecule has 2 rings (SSSR count). The van der Waals surface area contributed by atoms with Crippen LogP contribution < -0.4 is 15.9 Å². The molecule has 9 heteroatoms. The second-order valence-corrected chi connectivity index (χ2v) is 6.31. The van der Waals surface area contributed by atoms with Gasteiger partial charge in [0.15, 0.2) is 0 Å². The van der Waals surface area contributed by atoms with E-state index in [0.717, 1.165) is 10.0 Å². The van der Waals surface area contributed by atoms with Crippen LogP contribution >= 0.6 is 27.3 Å². The Hall–Kier alpha value is -2.13. The molecular formula is C15H17BrN4O3S. The maximum absolute atomic E-state index is 11.3. The van der Waals surface area contributed by atoms with E-state index in [1.807, 2.05) is 12.1 Å². The first kappa shape index (κ1) is 18.2. The van der Waals surface area contributed by atoms with Crippen LogP contribution in [0.3, 0.4) is 0 Å². The van der Waals surface area contributed by atoms with E-state index in [0.29, 0.717) is 23.3 Å². The monoisotopic (exact) mass is 412 g/mol. The number of nitrogens with two attached hydrogens (primary N) is 1. The Morgan fingerprint density at radius 3 is 3.08 bits per heavy atom. The highest BCUT2D eigenvalue weighted by molar-refractivity contribution is 9.10. The number of carbonyl (C=O) groups is 1. The zero-order chi connectivity index (χ0) is 17.4. The normalized spacial score (nSPS) is 10.8. The van der Waals surface area contributed by atoms with Crippen molar-refractivity contribution in [2.45, 2.75) is 13.3 Å². The van der Waals surface area contributed by atoms with Crippen LogP contribution in [0.2, 0.25) is 0 Å². The summed E-state index contributed by atoms with van der Waals surface area (Å²) >= 11 is 4.77. The summed E-state index contributed by atoms with van der Waals surface area (Å²) in [4.78, 5) is 15.4. The molecule has 128 valence electrons. The van der Waals surface area contributed by atoms with Crippen molar-refractivity contribution in [3.05, 3.63) is 33.6 Å². The Morgan fingerprint density at radius 1 is 1.54 bits per heavy atom. The topological polar surface area (TPSA) is 98.8 Å². The van der Waals surface area contributed by atoms with E-state index in [-0.39, 0.29) is 19.0 Å². The maximum atomic E-state index is 11.3. The second-order valence-electron chi connectivity index (χ2n) is 4.53. The average molecular weight is 413 g/mol. The predicted octanol–water partition coefficient (Wildman–Crippen LogP) is 3.27. The van der Waals surface area contributed by atoms with Crippen LogP contribution in [-0.2, 0) is 9.53 Å². The molecule has 2 aromatic rings. The Bertz CT molecular complexity index is 720. The summed E-state index contributed by atoms with van der Waals surface area (Å²) in [5, 5.41) is 6.45. The number of thiazole rings is 1. The predicted molar refractivity (Wildman–Crippen MR) is 98.6 cm³/mol. The van der Waals surface area contributed by atoms with Crippen LogP contribution in [0.1, 0.15) is 18.9 Å². The number of nitrogens with one attached hydrogen (secondary N) is 1. The minimum Gasteiger partial charge on any atom is -0.492 e. The van der Waals surface area contributed by atoms with Gasteiger partial charge >= 0.3 is 5.97 Å². The summed E-state index contributed by atoms with van der Waals surface area (Å²) in [6, 6.07) is 5.52. The van der Waals surface area contributed by atoms with Crippen molar-refractivity contribution in [1.82, 2.24) is 4.98 Å². The Labute approximate surface area is 152 Å². The number of hydrazone groups is 1. The smallest absolute Gasteiger partial charge is 0.309 e. The average Bonchev–Trinajstić information content (AvgIpc) is 2.95. The molecule has 0 spiro atoms. The van der Waals surface area contributed by atoms with Crippen LogP contribution in [0.25, 0.3) is 0 Å². The molecule has 0 unspecified atom stereocenters. The van der Waals surface area contributed by atoms with Gasteiger partial charge in [-0.05, 0) is 25.1 Å². The number of nitrogen functional groups attached to an aromatic ring is 1. The van der Waals surface area contributed by atoms with Crippen LogP contribution in [0.15, 0.2) is 33.2 Å². The van der Waals surface area contributed by atoms with E-state index in [2.05, 4.69) is 31.4 Å². The molecule has 0 aliphatic heterocycles. The van der Waals surface area contributed by atoms with Gasteiger partial charge in [-0.1, -0.05) is 15.9 Å². The van der Waals surface area contributed by atoms with Crippen molar-refractivity contribution >= 4 is 50.4 Å². The fourth-order valence-electron chi connectivity index (χ4n) is 1.72. The minimum atomic E-state index is -0.284. The van der Waals surface area contributed by atoms with Gasteiger partial charge in [-0.25, -0.2) is 4.98 Å². The first-order chi connectivity index (χ1) is 11.6. The van der Waals surface area contributed by atoms with Crippen LogP contribution in [0.4, 0.5) is 10.9 Å². The maximum Gasteiger partial charge on any atom is 0.309 e. The molecule has 1 heterocycles. The first-order valence-electron chi connectivity index (χ1n) is 7.16. The number of hydrogen-bond acceptors (Lipinski definition) is 8. The highest BCUT2D eigenvalue weighted by atomic mass is 79.9. The molecule has 0 radical (unpaired) electrons. The lowest BCUT2D eigenvalue weighted by atomic mass is 10.2. The quantitative estimate of drug-likeness (QED) is 0.392. The van der Waals surface area contributed by atoms with Gasteiger partial charge in [0.25, 0.3) is 0 Å². The highest BCUT2D eigenvalue weighted by Gasteiger charge is 2.06. The Morgan fingerprint density at radius 2 is 2.38 bits per heavy atom. The van der Waals surface area contributed by atoms with E-state index in [1.54, 1.807) is 24.6 Å². The summed E-state index contributed by atoms with van der Waals surface area (Å²) in [6.07, 6.45) is 1.80. The highest BCUT2D eigenvalue weighted by Crippen LogP contribution is 2.22. The number of hydrogen-bond donors (Lipinski definition) is 2. The summed E-state index contributed by atoms with van der Waals surface area (Å²) < 4.78 is 11.4. The number of halogens is 1. The number of ether oxygens (including phenoxy) is 2. The van der Waals surface area contributed by atoms with Gasteiger partial charge in [0.2, 0.25) is 5.13 Å². The lowest BCUT2D eigenvalue weighted by Crippen LogP contribution is -2.10. The van der Waals surface area contributed by atoms with Gasteiger partial charge in [0.1, 0.15) is 11.6 Å². The number of benzene rings is 1. The molecule has 0 aliphatic carbocycles. The zero-order valence-corrected chi connectivity index (χ0v) is 15.4. The number of nitrogens with zero attached hydrogens (tertiary/aromatic N) is 2. The number of rotatable bonds is 8. The molecule has 0 atom stereocenters. The lowest BCUT2D eigenvalue weighted by Gasteiger charge is -2.09. The number of aromatic nitrogens is 1. The molecule has 1 aromatic heterocycles. The van der Waals surface area contributed by atoms with Crippen molar-refractivity contribution < 1.29 is 14.3 Å². The summed E-state index contributed by atoms with van der Waals surface area (Å²) in [5.41, 5.74) is 9.11. The van der Waals surface area contributed by atoms with Gasteiger partial charge in [0, 0.05) is 15.4 Å². The van der Waals surface area contributed by atoms with Gasteiger partial charge in [-0.2, -0.15) is 5.10 Å². The van der Waals surface area contributed by atoms with Crippen molar-refractivity contribution in [2.75, 3.05) is 24.4 Å². The first-order valence-corrected chi connectivity index (χ1v) is 8.83. The Balaban J connectivity index is 1.97. The molecule has 3 N–H and O–H groups in total. The van der Waals surface area contributed by atoms with Crippen LogP contribution in [0, 0.1) is 0 Å². The van der Waals surface area contributed by atoms with Crippen LogP contribution in [-0.4, -0.2) is 30.4 Å². The largest absolute Gasteiger partial charge is 0.492 e. The van der Waals surface area contributed by atoms with E-state index in [4.69, 9.17) is 15.2 Å². The van der Waals surface area contributed by atoms with Crippen molar-refractivity contribution in [1.29, 1.82) is 0 Å². The molecule has 0 fully saturated rings. The van der Waals surface area contributed by atoms with Gasteiger partial charge in [-0.15, -0.1) is 11.3 Å². The van der Waals surface area contributed by atoms with Gasteiger partial charge in [-0.3, -0.25) is 10.2 Å². The molecule has 0 amide bonds. The molecule has 0 saturated heterocycles. The van der Waals surface area contributed by atoms with Crippen molar-refractivity contribution in [3.8, 4) is 5.75 Å². The van der Waals surface area contributed by atoms with E-state index in [1.165, 1.54) is 11.3 Å². The van der Waals surface area contributed by atoms with E-state index in [9.17, 15) is 4.79 Å². The standard InChI is InChI=1S/C15H17BrN4O3S/c1-2-22-14(21)5-6-23-12-4-3-11(16)7-10(12)8-18-20-15-19-13(17)9-24-15/h3-4,7-9H,2,5-6,17H2,1H3,(H,19,20). The third kappa shape index (κ3) is 5.82. The zero-order valence-electron chi connectivity index (χ0n) is 13.0. The SMILES string of the molecule is CCOC(=O)CCOc1ccc(Br)cc1C=NNc1nc(N)cs1. The number of anilines is 2. The molecule has 1 aromatic carbocycles. The molecule has 0 aliphatic rings. The Kier molecular flexibility index (Phi) is 7.01. The molecule has 24 heavy (non-hydrogen) atoms. The molecular weight excluding hydrogens is 396 g/mol. The van der Waals surface area contributed by atoms with Crippen molar-refractivity contribution in [2.24, 2.45) is 5.10 Å². The number of esters is 1. The summed E-state index contributed by atoms with van der Waals surface area (Å²) in [6.45, 7) is 2.37. The third-order valence-corrected chi connectivity index (χ3v) is 3.99. The summed E-state index contributed by atoms with van der Waals surface area (Å²) in [5.74, 6) is 0.780. The fourth-order valence-corrected chi connectivity index (χ4v) is 2.65. The molecule has 0 saturated carbocycles.